The fourth-order valence-corrected chi connectivity index (χ4v) is 2.36. The SMILES string of the molecule is CC(C)C(=O)OCOC(=O)NC(CCO[PH](C)=O)c1ccc(Cl)cc1. The molecule has 0 radical (unpaired) electrons. The van der Waals surface area contributed by atoms with E-state index in [-0.39, 0.29) is 12.5 Å². The lowest BCUT2D eigenvalue weighted by Gasteiger charge is -2.19. The van der Waals surface area contributed by atoms with Crippen molar-refractivity contribution >= 4 is 31.7 Å². The number of ether oxygens (including phenoxy) is 2. The third-order valence-corrected chi connectivity index (χ3v) is 4.00. The number of alkyl carbamates (subject to hydrolysis) is 1. The number of hydrogen-bond acceptors (Lipinski definition) is 6. The van der Waals surface area contributed by atoms with Gasteiger partial charge in [-0.15, -0.1) is 0 Å². The van der Waals surface area contributed by atoms with Crippen LogP contribution < -0.4 is 5.32 Å². The predicted octanol–water partition coefficient (Wildman–Crippen LogP) is 3.78. The van der Waals surface area contributed by atoms with E-state index in [9.17, 15) is 14.2 Å². The number of nitrogens with one attached hydrogen (secondary N) is 1. The van der Waals surface area contributed by atoms with Crippen LogP contribution in [0.25, 0.3) is 0 Å². The minimum Gasteiger partial charge on any atom is -0.428 e. The molecule has 0 spiro atoms. The van der Waals surface area contributed by atoms with Crippen LogP contribution in [0.4, 0.5) is 4.79 Å². The first-order chi connectivity index (χ1) is 11.8. The van der Waals surface area contributed by atoms with Crippen molar-refractivity contribution in [3.63, 3.8) is 0 Å². The summed E-state index contributed by atoms with van der Waals surface area (Å²) in [6.45, 7) is 4.60. The Labute approximate surface area is 152 Å². The number of benzene rings is 1. The van der Waals surface area contributed by atoms with Gasteiger partial charge in [0.05, 0.1) is 18.6 Å². The highest BCUT2D eigenvalue weighted by atomic mass is 35.5. The van der Waals surface area contributed by atoms with Gasteiger partial charge in [0.15, 0.2) is 8.03 Å². The number of carbonyl (C=O) groups is 2. The van der Waals surface area contributed by atoms with Crippen molar-refractivity contribution < 1.29 is 28.2 Å². The molecule has 2 atom stereocenters. The van der Waals surface area contributed by atoms with Crippen LogP contribution in [0.1, 0.15) is 31.9 Å². The Morgan fingerprint density at radius 3 is 2.40 bits per heavy atom. The number of halogens is 1. The zero-order valence-electron chi connectivity index (χ0n) is 14.4. The molecule has 7 nitrogen and oxygen atoms in total. The molecule has 25 heavy (non-hydrogen) atoms. The average molecular weight is 392 g/mol. The molecule has 2 unspecified atom stereocenters. The Bertz CT molecular complexity index is 593. The first-order valence-corrected chi connectivity index (χ1v) is 9.97. The van der Waals surface area contributed by atoms with E-state index in [2.05, 4.69) is 5.32 Å². The largest absolute Gasteiger partial charge is 0.428 e. The molecule has 0 aromatic heterocycles. The van der Waals surface area contributed by atoms with Gasteiger partial charge < -0.3 is 19.3 Å². The molecular formula is C16H23ClNO6P. The van der Waals surface area contributed by atoms with Crippen LogP contribution in [0, 0.1) is 5.92 Å². The quantitative estimate of drug-likeness (QED) is 0.391. The second-order valence-corrected chi connectivity index (χ2v) is 7.25. The van der Waals surface area contributed by atoms with Crippen LogP contribution in [0.3, 0.4) is 0 Å². The van der Waals surface area contributed by atoms with E-state index < -0.39 is 32.9 Å². The molecule has 0 saturated carbocycles. The molecule has 0 saturated heterocycles. The Morgan fingerprint density at radius 1 is 1.20 bits per heavy atom. The average Bonchev–Trinajstić information content (AvgIpc) is 2.54. The van der Waals surface area contributed by atoms with E-state index in [4.69, 9.17) is 25.6 Å². The summed E-state index contributed by atoms with van der Waals surface area (Å²) >= 11 is 5.87. The monoisotopic (exact) mass is 391 g/mol. The third kappa shape index (κ3) is 8.91. The van der Waals surface area contributed by atoms with Gasteiger partial charge in [0.2, 0.25) is 6.79 Å². The van der Waals surface area contributed by atoms with Crippen molar-refractivity contribution in [1.29, 1.82) is 0 Å². The van der Waals surface area contributed by atoms with Crippen molar-refractivity contribution in [3.05, 3.63) is 34.9 Å². The van der Waals surface area contributed by atoms with E-state index in [0.29, 0.717) is 11.4 Å². The number of amides is 1. The Kier molecular flexibility index (Phi) is 9.57. The van der Waals surface area contributed by atoms with Crippen molar-refractivity contribution in [2.45, 2.75) is 26.3 Å². The molecule has 0 bridgehead atoms. The minimum absolute atomic E-state index is 0.213. The summed E-state index contributed by atoms with van der Waals surface area (Å²) in [6, 6.07) is 6.50. The maximum Gasteiger partial charge on any atom is 0.410 e. The maximum atomic E-state index is 11.9. The summed E-state index contributed by atoms with van der Waals surface area (Å²) in [5, 5.41) is 3.23. The number of rotatable bonds is 9. The summed E-state index contributed by atoms with van der Waals surface area (Å²) in [5.74, 6) is -0.758. The molecule has 0 fully saturated rings. The summed E-state index contributed by atoms with van der Waals surface area (Å²) in [7, 11) is -2.05. The molecule has 0 heterocycles. The minimum atomic E-state index is -2.05. The fourth-order valence-electron chi connectivity index (χ4n) is 1.83. The highest BCUT2D eigenvalue weighted by Crippen LogP contribution is 2.22. The second-order valence-electron chi connectivity index (χ2n) is 5.54. The molecule has 1 amide bonds. The molecule has 0 aliphatic rings. The lowest BCUT2D eigenvalue weighted by Crippen LogP contribution is -2.31. The van der Waals surface area contributed by atoms with Crippen LogP contribution in [0.2, 0.25) is 5.02 Å². The zero-order chi connectivity index (χ0) is 18.8. The Balaban J connectivity index is 2.59. The van der Waals surface area contributed by atoms with Crippen LogP contribution in [-0.4, -0.2) is 32.1 Å². The van der Waals surface area contributed by atoms with Crippen LogP contribution in [0.5, 0.6) is 0 Å². The number of carbonyl (C=O) groups excluding carboxylic acids is 2. The van der Waals surface area contributed by atoms with Gasteiger partial charge in [0.25, 0.3) is 0 Å². The third-order valence-electron chi connectivity index (χ3n) is 3.14. The fraction of sp³-hybridized carbons (Fsp3) is 0.500. The van der Waals surface area contributed by atoms with Crippen molar-refractivity contribution in [2.24, 2.45) is 5.92 Å². The molecule has 0 aliphatic heterocycles. The van der Waals surface area contributed by atoms with Gasteiger partial charge >= 0.3 is 12.1 Å². The molecule has 140 valence electrons. The molecule has 1 N–H and O–H groups in total. The highest BCUT2D eigenvalue weighted by Gasteiger charge is 2.17. The van der Waals surface area contributed by atoms with E-state index in [0.717, 1.165) is 5.56 Å². The Hall–Kier alpha value is -1.56. The van der Waals surface area contributed by atoms with Gasteiger partial charge in [-0.05, 0) is 24.1 Å². The van der Waals surface area contributed by atoms with Gasteiger partial charge in [-0.2, -0.15) is 0 Å². The molecule has 0 aliphatic carbocycles. The van der Waals surface area contributed by atoms with E-state index in [1.165, 1.54) is 6.66 Å². The molecule has 1 aromatic carbocycles. The molecule has 9 heteroatoms. The summed E-state index contributed by atoms with van der Waals surface area (Å²) < 4.78 is 25.8. The van der Waals surface area contributed by atoms with Gasteiger partial charge in [0.1, 0.15) is 0 Å². The Morgan fingerprint density at radius 2 is 1.84 bits per heavy atom. The first kappa shape index (κ1) is 21.5. The molecular weight excluding hydrogens is 369 g/mol. The van der Waals surface area contributed by atoms with Crippen LogP contribution >= 0.6 is 19.6 Å². The maximum absolute atomic E-state index is 11.9. The standard InChI is InChI=1S/C16H23ClNO6P/c1-11(2)15(19)22-10-23-16(20)18-14(8-9-24-25(3)21)12-4-6-13(17)7-5-12/h4-7,11,14,25H,8-10H2,1-3H3,(H,18,20). The summed E-state index contributed by atoms with van der Waals surface area (Å²) in [5.41, 5.74) is 0.792. The lowest BCUT2D eigenvalue weighted by atomic mass is 10.0. The van der Waals surface area contributed by atoms with Gasteiger partial charge in [-0.3, -0.25) is 9.36 Å². The predicted molar refractivity (Wildman–Crippen MR) is 95.1 cm³/mol. The normalized spacial score (nSPS) is 13.2. The van der Waals surface area contributed by atoms with E-state index in [1.807, 2.05) is 0 Å². The first-order valence-electron chi connectivity index (χ1n) is 7.78. The van der Waals surface area contributed by atoms with Crippen LogP contribution in [0.15, 0.2) is 24.3 Å². The summed E-state index contributed by atoms with van der Waals surface area (Å²) in [4.78, 5) is 23.2. The second kappa shape index (κ2) is 11.1. The van der Waals surface area contributed by atoms with Crippen LogP contribution in [-0.2, 0) is 23.4 Å². The highest BCUT2D eigenvalue weighted by molar-refractivity contribution is 7.38. The van der Waals surface area contributed by atoms with Crippen molar-refractivity contribution in [1.82, 2.24) is 5.32 Å². The van der Waals surface area contributed by atoms with Crippen molar-refractivity contribution in [3.8, 4) is 0 Å². The summed E-state index contributed by atoms with van der Waals surface area (Å²) in [6.07, 6.45) is -0.340. The molecule has 1 aromatic rings. The molecule has 1 rings (SSSR count). The van der Waals surface area contributed by atoms with E-state index >= 15 is 0 Å². The van der Waals surface area contributed by atoms with Gasteiger partial charge in [0, 0.05) is 11.7 Å². The lowest BCUT2D eigenvalue weighted by molar-refractivity contribution is -0.155. The zero-order valence-corrected chi connectivity index (χ0v) is 16.2. The van der Waals surface area contributed by atoms with Gasteiger partial charge in [-0.25, -0.2) is 4.79 Å². The smallest absolute Gasteiger partial charge is 0.410 e. The number of esters is 1. The van der Waals surface area contributed by atoms with E-state index in [1.54, 1.807) is 38.1 Å². The van der Waals surface area contributed by atoms with Gasteiger partial charge in [-0.1, -0.05) is 37.6 Å². The topological polar surface area (TPSA) is 90.9 Å². The number of hydrogen-bond donors (Lipinski definition) is 1. The van der Waals surface area contributed by atoms with Crippen molar-refractivity contribution in [2.75, 3.05) is 20.1 Å².